The van der Waals surface area contributed by atoms with Crippen LogP contribution in [0, 0.1) is 0 Å². The van der Waals surface area contributed by atoms with Gasteiger partial charge in [0.05, 0.1) is 29.9 Å². The van der Waals surface area contributed by atoms with Crippen LogP contribution in [0.25, 0.3) is 22.1 Å². The highest BCUT2D eigenvalue weighted by molar-refractivity contribution is 5.75. The number of fused-ring (bicyclic) bond motifs is 2. The first-order valence-corrected chi connectivity index (χ1v) is 12.4. The van der Waals surface area contributed by atoms with Crippen molar-refractivity contribution in [3.05, 3.63) is 94.5 Å². The van der Waals surface area contributed by atoms with Crippen LogP contribution < -0.4 is 5.56 Å². The van der Waals surface area contributed by atoms with Crippen LogP contribution in [0.2, 0.25) is 0 Å². The molecule has 1 N–H and O–H groups in total. The summed E-state index contributed by atoms with van der Waals surface area (Å²) in [5, 5.41) is 0.526. The average molecular weight is 468 g/mol. The van der Waals surface area contributed by atoms with Crippen molar-refractivity contribution in [2.75, 3.05) is 13.1 Å². The second-order valence-corrected chi connectivity index (χ2v) is 9.38. The lowest BCUT2D eigenvalue weighted by Crippen LogP contribution is -2.40. The highest BCUT2D eigenvalue weighted by Gasteiger charge is 2.31. The van der Waals surface area contributed by atoms with Crippen molar-refractivity contribution in [3.63, 3.8) is 0 Å². The van der Waals surface area contributed by atoms with Gasteiger partial charge in [0.1, 0.15) is 17.0 Å². The lowest BCUT2D eigenvalue weighted by Gasteiger charge is -2.37. The molecular weight excluding hydrogens is 438 g/mol. The van der Waals surface area contributed by atoms with Gasteiger partial charge in [0.2, 0.25) is 5.71 Å². The number of aromatic amines is 1. The number of nitrogens with one attached hydrogen (secondary N) is 1. The van der Waals surface area contributed by atoms with E-state index in [4.69, 9.17) is 14.4 Å². The molecule has 2 unspecified atom stereocenters. The molecule has 3 aromatic heterocycles. The van der Waals surface area contributed by atoms with Gasteiger partial charge in [0.15, 0.2) is 0 Å². The molecule has 7 heteroatoms. The number of imidazole rings is 1. The number of rotatable bonds is 6. The third kappa shape index (κ3) is 4.06. The molecule has 0 radical (unpaired) electrons. The van der Waals surface area contributed by atoms with Crippen LogP contribution in [0.4, 0.5) is 0 Å². The first-order valence-electron chi connectivity index (χ1n) is 12.4. The Morgan fingerprint density at radius 3 is 2.74 bits per heavy atom. The van der Waals surface area contributed by atoms with E-state index < -0.39 is 0 Å². The molecule has 1 fully saturated rings. The second-order valence-electron chi connectivity index (χ2n) is 9.38. The van der Waals surface area contributed by atoms with Crippen LogP contribution in [-0.2, 0) is 6.54 Å². The average Bonchev–Trinajstić information content (AvgIpc) is 3.55. The molecule has 1 aliphatic rings. The summed E-state index contributed by atoms with van der Waals surface area (Å²) in [4.78, 5) is 29.3. The van der Waals surface area contributed by atoms with E-state index in [-0.39, 0.29) is 11.6 Å². The molecular formula is C28H29N5O2. The molecule has 0 amide bonds. The number of piperidine rings is 1. The SMILES string of the molecule is CCC(c1nc2occc2c(=O)n1Cc1ccccc1)N1CCCC(c2nc3ccccc3[nH]2)C1. The van der Waals surface area contributed by atoms with Crippen LogP contribution in [0.3, 0.4) is 0 Å². The topological polar surface area (TPSA) is 79.9 Å². The van der Waals surface area contributed by atoms with Gasteiger partial charge in [-0.3, -0.25) is 14.3 Å². The van der Waals surface area contributed by atoms with Crippen LogP contribution in [0.1, 0.15) is 55.4 Å². The third-order valence-electron chi connectivity index (χ3n) is 7.17. The maximum absolute atomic E-state index is 13.5. The maximum Gasteiger partial charge on any atom is 0.265 e. The smallest absolute Gasteiger partial charge is 0.265 e. The largest absolute Gasteiger partial charge is 0.446 e. The fourth-order valence-corrected chi connectivity index (χ4v) is 5.42. The summed E-state index contributed by atoms with van der Waals surface area (Å²) in [6.07, 6.45) is 4.56. The molecule has 0 bridgehead atoms. The minimum Gasteiger partial charge on any atom is -0.446 e. The maximum atomic E-state index is 13.5. The zero-order chi connectivity index (χ0) is 23.8. The monoisotopic (exact) mass is 467 g/mol. The summed E-state index contributed by atoms with van der Waals surface area (Å²) in [5.74, 6) is 2.13. The summed E-state index contributed by atoms with van der Waals surface area (Å²) in [5.41, 5.74) is 3.53. The Labute approximate surface area is 203 Å². The predicted octanol–water partition coefficient (Wildman–Crippen LogP) is 5.24. The van der Waals surface area contributed by atoms with Gasteiger partial charge in [-0.25, -0.2) is 4.98 Å². The van der Waals surface area contributed by atoms with Crippen LogP contribution >= 0.6 is 0 Å². The van der Waals surface area contributed by atoms with Gasteiger partial charge < -0.3 is 9.40 Å². The minimum absolute atomic E-state index is 0.00749. The van der Waals surface area contributed by atoms with Gasteiger partial charge >= 0.3 is 0 Å². The fraction of sp³-hybridized carbons (Fsp3) is 0.321. The Hall–Kier alpha value is -3.71. The zero-order valence-corrected chi connectivity index (χ0v) is 19.9. The number of aromatic nitrogens is 4. The molecule has 178 valence electrons. The molecule has 0 saturated carbocycles. The Morgan fingerprint density at radius 2 is 1.91 bits per heavy atom. The van der Waals surface area contributed by atoms with Crippen molar-refractivity contribution >= 4 is 22.1 Å². The lowest BCUT2D eigenvalue weighted by molar-refractivity contribution is 0.133. The number of H-pyrrole nitrogens is 1. The van der Waals surface area contributed by atoms with Crippen molar-refractivity contribution in [1.29, 1.82) is 0 Å². The Balaban J connectivity index is 1.37. The van der Waals surface area contributed by atoms with E-state index in [0.717, 1.165) is 60.6 Å². The van der Waals surface area contributed by atoms with Gasteiger partial charge in [0.25, 0.3) is 5.56 Å². The van der Waals surface area contributed by atoms with Crippen molar-refractivity contribution in [3.8, 4) is 0 Å². The summed E-state index contributed by atoms with van der Waals surface area (Å²) < 4.78 is 7.43. The normalized spacial score (nSPS) is 17.8. The van der Waals surface area contributed by atoms with Crippen LogP contribution in [0.5, 0.6) is 0 Å². The fourth-order valence-electron chi connectivity index (χ4n) is 5.42. The van der Waals surface area contributed by atoms with Gasteiger partial charge in [-0.05, 0) is 49.6 Å². The quantitative estimate of drug-likeness (QED) is 0.369. The summed E-state index contributed by atoms with van der Waals surface area (Å²) in [6, 6.07) is 20.0. The van der Waals surface area contributed by atoms with Gasteiger partial charge in [-0.15, -0.1) is 0 Å². The number of furan rings is 1. The highest BCUT2D eigenvalue weighted by atomic mass is 16.3. The lowest BCUT2D eigenvalue weighted by atomic mass is 9.95. The van der Waals surface area contributed by atoms with Crippen LogP contribution in [0.15, 0.2) is 76.1 Å². The first kappa shape index (κ1) is 21.8. The molecule has 7 nitrogen and oxygen atoms in total. The summed E-state index contributed by atoms with van der Waals surface area (Å²) in [6.45, 7) is 4.49. The molecule has 4 heterocycles. The van der Waals surface area contributed by atoms with Crippen LogP contribution in [-0.4, -0.2) is 37.5 Å². The number of hydrogen-bond acceptors (Lipinski definition) is 5. The molecule has 35 heavy (non-hydrogen) atoms. The number of likely N-dealkylation sites (tertiary alicyclic amines) is 1. The van der Waals surface area contributed by atoms with E-state index in [9.17, 15) is 4.79 Å². The molecule has 6 rings (SSSR count). The highest BCUT2D eigenvalue weighted by Crippen LogP contribution is 2.33. The van der Waals surface area contributed by atoms with E-state index in [1.807, 2.05) is 34.9 Å². The molecule has 1 aliphatic heterocycles. The van der Waals surface area contributed by atoms with Gasteiger partial charge in [-0.2, -0.15) is 4.98 Å². The Bertz CT molecular complexity index is 1480. The summed E-state index contributed by atoms with van der Waals surface area (Å²) in [7, 11) is 0. The number of nitrogens with zero attached hydrogens (tertiary/aromatic N) is 4. The number of hydrogen-bond donors (Lipinski definition) is 1. The Kier molecular flexibility index (Phi) is 5.70. The molecule has 1 saturated heterocycles. The standard InChI is InChI=1S/C28H29N5O2/c1-2-24(32-15-8-11-20(18-32)25-29-22-12-6-7-13-23(22)30-25)26-31-27-21(14-16-35-27)28(34)33(26)17-19-9-4-3-5-10-19/h3-7,9-10,12-14,16,20,24H,2,8,11,15,17-18H2,1H3,(H,29,30). The van der Waals surface area contributed by atoms with Crippen molar-refractivity contribution in [1.82, 2.24) is 24.4 Å². The van der Waals surface area contributed by atoms with E-state index in [2.05, 4.69) is 41.1 Å². The van der Waals surface area contributed by atoms with Gasteiger partial charge in [0, 0.05) is 12.5 Å². The number of benzene rings is 2. The van der Waals surface area contributed by atoms with E-state index in [1.165, 1.54) is 0 Å². The molecule has 0 spiro atoms. The second kappa shape index (κ2) is 9.15. The van der Waals surface area contributed by atoms with E-state index in [1.54, 1.807) is 12.3 Å². The predicted molar refractivity (Wildman–Crippen MR) is 136 cm³/mol. The van der Waals surface area contributed by atoms with Crippen molar-refractivity contribution in [2.45, 2.75) is 44.7 Å². The first-order chi connectivity index (χ1) is 17.2. The molecule has 2 aromatic carbocycles. The minimum atomic E-state index is -0.0492. The molecule has 5 aromatic rings. The van der Waals surface area contributed by atoms with E-state index in [0.29, 0.717) is 23.6 Å². The third-order valence-corrected chi connectivity index (χ3v) is 7.17. The Morgan fingerprint density at radius 1 is 1.09 bits per heavy atom. The zero-order valence-electron chi connectivity index (χ0n) is 19.9. The van der Waals surface area contributed by atoms with Crippen molar-refractivity contribution < 1.29 is 4.42 Å². The van der Waals surface area contributed by atoms with E-state index >= 15 is 0 Å². The van der Waals surface area contributed by atoms with Crippen molar-refractivity contribution in [2.24, 2.45) is 0 Å². The summed E-state index contributed by atoms with van der Waals surface area (Å²) >= 11 is 0. The molecule has 2 atom stereocenters. The molecule has 0 aliphatic carbocycles. The van der Waals surface area contributed by atoms with Gasteiger partial charge in [-0.1, -0.05) is 49.4 Å². The number of para-hydroxylation sites is 2.